The van der Waals surface area contributed by atoms with Gasteiger partial charge in [0, 0.05) is 18.0 Å². The van der Waals surface area contributed by atoms with E-state index in [9.17, 15) is 9.59 Å². The van der Waals surface area contributed by atoms with E-state index in [0.717, 1.165) is 38.8 Å². The fourth-order valence-corrected chi connectivity index (χ4v) is 6.23. The van der Waals surface area contributed by atoms with Gasteiger partial charge >= 0.3 is 0 Å². The average molecular weight is 456 g/mol. The number of amides is 1. The molecule has 0 saturated carbocycles. The molecule has 2 aromatic heterocycles. The third kappa shape index (κ3) is 4.29. The Hall–Kier alpha value is -2.16. The van der Waals surface area contributed by atoms with Crippen molar-refractivity contribution in [2.75, 3.05) is 18.9 Å². The minimum Gasteiger partial charge on any atom is -0.376 e. The van der Waals surface area contributed by atoms with Crippen LogP contribution >= 0.6 is 23.1 Å². The van der Waals surface area contributed by atoms with E-state index < -0.39 is 0 Å². The Morgan fingerprint density at radius 2 is 2.10 bits per heavy atom. The molecule has 1 amide bonds. The molecule has 0 radical (unpaired) electrons. The number of rotatable bonds is 6. The predicted molar refractivity (Wildman–Crippen MR) is 124 cm³/mol. The van der Waals surface area contributed by atoms with Gasteiger partial charge in [-0.15, -0.1) is 11.3 Å². The predicted octanol–water partition coefficient (Wildman–Crippen LogP) is 4.09. The summed E-state index contributed by atoms with van der Waals surface area (Å²) in [7, 11) is 0. The molecule has 3 aromatic rings. The number of nitrogens with zero attached hydrogens (tertiary/aromatic N) is 3. The number of likely N-dealkylation sites (tertiary alicyclic amines) is 1. The summed E-state index contributed by atoms with van der Waals surface area (Å²) in [6, 6.07) is 11.7. The highest BCUT2D eigenvalue weighted by Crippen LogP contribution is 2.35. The van der Waals surface area contributed by atoms with Gasteiger partial charge in [0.05, 0.1) is 35.3 Å². The third-order valence-corrected chi connectivity index (χ3v) is 7.94. The van der Waals surface area contributed by atoms with Crippen molar-refractivity contribution in [1.82, 2.24) is 14.5 Å². The van der Waals surface area contributed by atoms with Crippen LogP contribution in [0.1, 0.15) is 36.6 Å². The zero-order valence-electron chi connectivity index (χ0n) is 17.2. The summed E-state index contributed by atoms with van der Waals surface area (Å²) in [5, 5.41) is 3.27. The second kappa shape index (κ2) is 9.14. The molecule has 31 heavy (non-hydrogen) atoms. The molecule has 0 spiro atoms. The normalized spacial score (nSPS) is 21.2. The Morgan fingerprint density at radius 1 is 1.19 bits per heavy atom. The molecule has 8 heteroatoms. The van der Waals surface area contributed by atoms with Crippen molar-refractivity contribution in [3.8, 4) is 0 Å². The lowest BCUT2D eigenvalue weighted by Crippen LogP contribution is -2.32. The first-order valence-corrected chi connectivity index (χ1v) is 12.6. The van der Waals surface area contributed by atoms with Gasteiger partial charge in [0.2, 0.25) is 5.91 Å². The van der Waals surface area contributed by atoms with Gasteiger partial charge in [0.15, 0.2) is 5.16 Å². The molecule has 2 fully saturated rings. The lowest BCUT2D eigenvalue weighted by molar-refractivity contribution is -0.129. The number of para-hydroxylation sites is 1. The number of hydrogen-bond donors (Lipinski definition) is 0. The number of carbonyl (C=O) groups excluding carboxylic acids is 1. The van der Waals surface area contributed by atoms with E-state index >= 15 is 0 Å². The molecule has 4 heterocycles. The maximum Gasteiger partial charge on any atom is 0.262 e. The zero-order chi connectivity index (χ0) is 21.2. The minimum atomic E-state index is -0.0614. The SMILES string of the molecule is O=C(CSc1nc2ccccc2c(=O)n1CC1CCCO1)N1CCCC1c1cccs1. The molecule has 0 aliphatic carbocycles. The number of thioether (sulfide) groups is 1. The number of thiophene rings is 1. The molecule has 1 aromatic carbocycles. The summed E-state index contributed by atoms with van der Waals surface area (Å²) >= 11 is 3.07. The van der Waals surface area contributed by atoms with Crippen LogP contribution in [0.2, 0.25) is 0 Å². The second-order valence-corrected chi connectivity index (χ2v) is 9.93. The van der Waals surface area contributed by atoms with Crippen LogP contribution in [0.25, 0.3) is 10.9 Å². The standard InChI is InChI=1S/C23H25N3O3S2/c27-21(25-11-3-9-19(25)20-10-5-13-30-20)15-31-23-24-18-8-2-1-7-17(18)22(28)26(23)14-16-6-4-12-29-16/h1-2,5,7-8,10,13,16,19H,3-4,6,9,11-12,14-15H2. The first kappa shape index (κ1) is 20.7. The van der Waals surface area contributed by atoms with E-state index in [-0.39, 0.29) is 29.4 Å². The molecule has 6 nitrogen and oxygen atoms in total. The smallest absolute Gasteiger partial charge is 0.262 e. The van der Waals surface area contributed by atoms with Crippen LogP contribution in [0.15, 0.2) is 51.7 Å². The van der Waals surface area contributed by atoms with Crippen molar-refractivity contribution >= 4 is 39.9 Å². The van der Waals surface area contributed by atoms with Crippen molar-refractivity contribution in [1.29, 1.82) is 0 Å². The average Bonchev–Trinajstić information content (AvgIpc) is 3.56. The lowest BCUT2D eigenvalue weighted by atomic mass is 10.2. The Kier molecular flexibility index (Phi) is 6.11. The van der Waals surface area contributed by atoms with Crippen molar-refractivity contribution in [3.05, 3.63) is 57.0 Å². The molecular formula is C23H25N3O3S2. The van der Waals surface area contributed by atoms with E-state index in [1.165, 1.54) is 16.6 Å². The molecular weight excluding hydrogens is 430 g/mol. The van der Waals surface area contributed by atoms with Crippen molar-refractivity contribution in [2.45, 2.75) is 49.5 Å². The van der Waals surface area contributed by atoms with Crippen molar-refractivity contribution in [3.63, 3.8) is 0 Å². The summed E-state index contributed by atoms with van der Waals surface area (Å²) < 4.78 is 7.48. The van der Waals surface area contributed by atoms with Gasteiger partial charge in [-0.2, -0.15) is 0 Å². The number of ether oxygens (including phenoxy) is 1. The minimum absolute atomic E-state index is 0.0255. The molecule has 2 aliphatic heterocycles. The topological polar surface area (TPSA) is 64.4 Å². The van der Waals surface area contributed by atoms with Crippen LogP contribution in [0.5, 0.6) is 0 Å². The first-order chi connectivity index (χ1) is 15.2. The summed E-state index contributed by atoms with van der Waals surface area (Å²) in [5.74, 6) is 0.380. The Balaban J connectivity index is 1.39. The molecule has 2 unspecified atom stereocenters. The van der Waals surface area contributed by atoms with Crippen LogP contribution < -0.4 is 5.56 Å². The Labute approximate surface area is 189 Å². The largest absolute Gasteiger partial charge is 0.376 e. The van der Waals surface area contributed by atoms with E-state index in [1.807, 2.05) is 35.2 Å². The van der Waals surface area contributed by atoms with Crippen molar-refractivity contribution in [2.24, 2.45) is 0 Å². The van der Waals surface area contributed by atoms with Gasteiger partial charge < -0.3 is 9.64 Å². The highest BCUT2D eigenvalue weighted by atomic mass is 32.2. The Bertz CT molecular complexity index is 1120. The van der Waals surface area contributed by atoms with E-state index in [2.05, 4.69) is 11.4 Å². The highest BCUT2D eigenvalue weighted by molar-refractivity contribution is 7.99. The maximum absolute atomic E-state index is 13.2. The molecule has 0 bridgehead atoms. The number of benzene rings is 1. The van der Waals surface area contributed by atoms with Gasteiger partial charge in [-0.25, -0.2) is 4.98 Å². The number of hydrogen-bond acceptors (Lipinski definition) is 6. The summed E-state index contributed by atoms with van der Waals surface area (Å²) in [5.41, 5.74) is 0.609. The van der Waals surface area contributed by atoms with Crippen LogP contribution in [-0.4, -0.2) is 45.4 Å². The molecule has 2 atom stereocenters. The molecule has 2 saturated heterocycles. The fourth-order valence-electron chi connectivity index (χ4n) is 4.46. The van der Waals surface area contributed by atoms with Crippen molar-refractivity contribution < 1.29 is 9.53 Å². The highest BCUT2D eigenvalue weighted by Gasteiger charge is 2.31. The van der Waals surface area contributed by atoms with Gasteiger partial charge in [0.1, 0.15) is 0 Å². The van der Waals surface area contributed by atoms with Gasteiger partial charge in [-0.05, 0) is 49.3 Å². The van der Waals surface area contributed by atoms with Gasteiger partial charge in [-0.3, -0.25) is 14.2 Å². The van der Waals surface area contributed by atoms with Crippen LogP contribution in [-0.2, 0) is 16.1 Å². The van der Waals surface area contributed by atoms with Crippen LogP contribution in [0.3, 0.4) is 0 Å². The van der Waals surface area contributed by atoms with Crippen LogP contribution in [0, 0.1) is 0 Å². The quantitative estimate of drug-likeness (QED) is 0.414. The summed E-state index contributed by atoms with van der Waals surface area (Å²) in [6.07, 6.45) is 4.02. The van der Waals surface area contributed by atoms with Gasteiger partial charge in [-0.1, -0.05) is 30.0 Å². The zero-order valence-corrected chi connectivity index (χ0v) is 18.9. The second-order valence-electron chi connectivity index (χ2n) is 8.01. The van der Waals surface area contributed by atoms with Crippen LogP contribution in [0.4, 0.5) is 0 Å². The summed E-state index contributed by atoms with van der Waals surface area (Å²) in [6.45, 7) is 2.00. The molecule has 162 valence electrons. The van der Waals surface area contributed by atoms with E-state index in [1.54, 1.807) is 15.9 Å². The lowest BCUT2D eigenvalue weighted by Gasteiger charge is -2.24. The number of carbonyl (C=O) groups is 1. The van der Waals surface area contributed by atoms with Gasteiger partial charge in [0.25, 0.3) is 5.56 Å². The Morgan fingerprint density at radius 3 is 2.90 bits per heavy atom. The monoisotopic (exact) mass is 455 g/mol. The van der Waals surface area contributed by atoms with E-state index in [0.29, 0.717) is 22.6 Å². The fraction of sp³-hybridized carbons (Fsp3) is 0.435. The number of fused-ring (bicyclic) bond motifs is 1. The third-order valence-electron chi connectivity index (χ3n) is 6.01. The molecule has 2 aliphatic rings. The molecule has 5 rings (SSSR count). The first-order valence-electron chi connectivity index (χ1n) is 10.8. The molecule has 0 N–H and O–H groups in total. The maximum atomic E-state index is 13.2. The summed E-state index contributed by atoms with van der Waals surface area (Å²) in [4.78, 5) is 34.3. The van der Waals surface area contributed by atoms with E-state index in [4.69, 9.17) is 9.72 Å². The number of aromatic nitrogens is 2.